The number of ether oxygens (including phenoxy) is 2. The third kappa shape index (κ3) is 3.41. The molecule has 0 fully saturated rings. The molecule has 0 spiro atoms. The zero-order valence-electron chi connectivity index (χ0n) is 16.8. The van der Waals surface area contributed by atoms with Gasteiger partial charge in [0.05, 0.1) is 12.7 Å². The van der Waals surface area contributed by atoms with Crippen molar-refractivity contribution in [3.8, 4) is 22.8 Å². The maximum Gasteiger partial charge on any atom is 0.254 e. The van der Waals surface area contributed by atoms with Crippen LogP contribution in [-0.4, -0.2) is 34.9 Å². The molecule has 8 heteroatoms. The Kier molecular flexibility index (Phi) is 4.99. The van der Waals surface area contributed by atoms with Gasteiger partial charge in [-0.15, -0.1) is 0 Å². The van der Waals surface area contributed by atoms with Gasteiger partial charge in [-0.05, 0) is 42.8 Å². The van der Waals surface area contributed by atoms with Gasteiger partial charge in [0.15, 0.2) is 11.6 Å². The molecule has 0 unspecified atom stereocenters. The first-order valence-electron chi connectivity index (χ1n) is 9.38. The number of carbonyl (C=O) groups excluding carboxylic acids is 1. The molecular weight excluding hydrogens is 387 g/mol. The molecule has 2 aromatic heterocycles. The molecule has 0 saturated heterocycles. The summed E-state index contributed by atoms with van der Waals surface area (Å²) in [7, 11) is 3.22. The van der Waals surface area contributed by atoms with Gasteiger partial charge in [-0.1, -0.05) is 0 Å². The van der Waals surface area contributed by atoms with E-state index in [0.717, 1.165) is 5.56 Å². The molecule has 1 aromatic carbocycles. The van der Waals surface area contributed by atoms with Gasteiger partial charge in [0.1, 0.15) is 11.9 Å². The monoisotopic (exact) mass is 408 g/mol. The lowest BCUT2D eigenvalue weighted by Gasteiger charge is -2.25. The Bertz CT molecular complexity index is 1140. The summed E-state index contributed by atoms with van der Waals surface area (Å²) >= 11 is 0. The van der Waals surface area contributed by atoms with Gasteiger partial charge in [0.2, 0.25) is 5.88 Å². The van der Waals surface area contributed by atoms with Crippen molar-refractivity contribution in [1.29, 1.82) is 0 Å². The van der Waals surface area contributed by atoms with E-state index in [1.165, 1.54) is 25.3 Å². The van der Waals surface area contributed by atoms with Crippen molar-refractivity contribution in [2.75, 3.05) is 19.9 Å². The van der Waals surface area contributed by atoms with E-state index in [2.05, 4.69) is 9.97 Å². The van der Waals surface area contributed by atoms with Crippen LogP contribution in [0.3, 0.4) is 0 Å². The number of carbonyl (C=O) groups is 1. The molecule has 1 aliphatic rings. The van der Waals surface area contributed by atoms with E-state index in [-0.39, 0.29) is 11.7 Å². The highest BCUT2D eigenvalue weighted by Gasteiger charge is 2.25. The minimum atomic E-state index is -0.637. The average Bonchev–Trinajstić information content (AvgIpc) is 2.74. The van der Waals surface area contributed by atoms with Crippen molar-refractivity contribution in [3.63, 3.8) is 0 Å². The van der Waals surface area contributed by atoms with Gasteiger partial charge in [0, 0.05) is 42.7 Å². The fraction of sp³-hybridized carbons (Fsp3) is 0.227. The maximum absolute atomic E-state index is 14.0. The Morgan fingerprint density at radius 1 is 1.27 bits per heavy atom. The number of fused-ring (bicyclic) bond motifs is 5. The van der Waals surface area contributed by atoms with E-state index < -0.39 is 11.9 Å². The number of benzene rings is 1. The molecule has 3 aromatic rings. The molecule has 3 heterocycles. The lowest BCUT2D eigenvalue weighted by atomic mass is 9.99. The molecular formula is C22H21FN4O3. The molecule has 0 saturated carbocycles. The van der Waals surface area contributed by atoms with Crippen LogP contribution in [0.15, 0.2) is 42.7 Å². The van der Waals surface area contributed by atoms with Crippen LogP contribution in [0.25, 0.3) is 11.1 Å². The number of halogens is 1. The molecule has 0 radical (unpaired) electrons. The SMILES string of the molecule is COc1nccc2c1-c1cnc(N)c(c1)O[C@H](C)c1cc(F)ccc1C(=O)N(C)C2. The predicted octanol–water partition coefficient (Wildman–Crippen LogP) is 3.60. The van der Waals surface area contributed by atoms with Crippen molar-refractivity contribution in [2.45, 2.75) is 19.6 Å². The van der Waals surface area contributed by atoms with Crippen LogP contribution in [0.2, 0.25) is 0 Å². The lowest BCUT2D eigenvalue weighted by molar-refractivity contribution is 0.0780. The lowest BCUT2D eigenvalue weighted by Crippen LogP contribution is -2.28. The third-order valence-electron chi connectivity index (χ3n) is 5.11. The van der Waals surface area contributed by atoms with Crippen LogP contribution in [0.1, 0.15) is 34.5 Å². The topological polar surface area (TPSA) is 90.6 Å². The average molecular weight is 408 g/mol. The first-order valence-corrected chi connectivity index (χ1v) is 9.38. The summed E-state index contributed by atoms with van der Waals surface area (Å²) in [6, 6.07) is 7.62. The molecule has 1 atom stereocenters. The Hall–Kier alpha value is -3.68. The molecule has 1 aliphatic heterocycles. The second-order valence-corrected chi connectivity index (χ2v) is 7.11. The third-order valence-corrected chi connectivity index (χ3v) is 5.11. The highest BCUT2D eigenvalue weighted by Crippen LogP contribution is 2.37. The number of nitrogens with zero attached hydrogens (tertiary/aromatic N) is 3. The fourth-order valence-electron chi connectivity index (χ4n) is 3.61. The number of methoxy groups -OCH3 is 1. The smallest absolute Gasteiger partial charge is 0.254 e. The van der Waals surface area contributed by atoms with Gasteiger partial charge >= 0.3 is 0 Å². The minimum absolute atomic E-state index is 0.188. The summed E-state index contributed by atoms with van der Waals surface area (Å²) in [5.74, 6) is 0.214. The second kappa shape index (κ2) is 7.62. The summed E-state index contributed by atoms with van der Waals surface area (Å²) in [5, 5.41) is 0. The fourth-order valence-corrected chi connectivity index (χ4v) is 3.61. The van der Waals surface area contributed by atoms with E-state index in [1.54, 1.807) is 37.3 Å². The Balaban J connectivity index is 1.97. The number of pyridine rings is 2. The number of rotatable bonds is 1. The Morgan fingerprint density at radius 2 is 2.07 bits per heavy atom. The summed E-state index contributed by atoms with van der Waals surface area (Å²) in [4.78, 5) is 23.3. The number of aromatic nitrogens is 2. The van der Waals surface area contributed by atoms with Crippen LogP contribution in [0, 0.1) is 5.82 Å². The summed E-state index contributed by atoms with van der Waals surface area (Å²) in [6.45, 7) is 2.03. The number of anilines is 1. The zero-order chi connectivity index (χ0) is 21.4. The van der Waals surface area contributed by atoms with E-state index in [1.807, 2.05) is 6.07 Å². The summed E-state index contributed by atoms with van der Waals surface area (Å²) in [5.41, 5.74) is 9.03. The number of hydrogen-bond donors (Lipinski definition) is 1. The number of nitrogen functional groups attached to an aromatic ring is 1. The van der Waals surface area contributed by atoms with Crippen molar-refractivity contribution < 1.29 is 18.7 Å². The minimum Gasteiger partial charge on any atom is -0.482 e. The van der Waals surface area contributed by atoms with Crippen molar-refractivity contribution >= 4 is 11.7 Å². The normalized spacial score (nSPS) is 15.9. The van der Waals surface area contributed by atoms with Crippen LogP contribution in [0.4, 0.5) is 10.2 Å². The van der Waals surface area contributed by atoms with Gasteiger partial charge < -0.3 is 20.1 Å². The van der Waals surface area contributed by atoms with E-state index in [0.29, 0.717) is 40.4 Å². The van der Waals surface area contributed by atoms with Crippen LogP contribution in [0.5, 0.6) is 11.6 Å². The highest BCUT2D eigenvalue weighted by molar-refractivity contribution is 5.96. The molecule has 2 bridgehead atoms. The van der Waals surface area contributed by atoms with E-state index >= 15 is 0 Å². The largest absolute Gasteiger partial charge is 0.482 e. The number of amides is 1. The number of hydrogen-bond acceptors (Lipinski definition) is 6. The Morgan fingerprint density at radius 3 is 2.83 bits per heavy atom. The van der Waals surface area contributed by atoms with Crippen LogP contribution >= 0.6 is 0 Å². The van der Waals surface area contributed by atoms with Crippen molar-refractivity contribution in [2.24, 2.45) is 0 Å². The Labute approximate surface area is 173 Å². The predicted molar refractivity (Wildman–Crippen MR) is 110 cm³/mol. The molecule has 4 rings (SSSR count). The van der Waals surface area contributed by atoms with Gasteiger partial charge in [-0.3, -0.25) is 4.79 Å². The van der Waals surface area contributed by atoms with Gasteiger partial charge in [-0.25, -0.2) is 14.4 Å². The van der Waals surface area contributed by atoms with E-state index in [9.17, 15) is 9.18 Å². The molecule has 1 amide bonds. The van der Waals surface area contributed by atoms with Crippen LogP contribution in [-0.2, 0) is 6.54 Å². The molecule has 2 N–H and O–H groups in total. The molecule has 154 valence electrons. The maximum atomic E-state index is 14.0. The van der Waals surface area contributed by atoms with E-state index in [4.69, 9.17) is 15.2 Å². The molecule has 0 aliphatic carbocycles. The zero-order valence-corrected chi connectivity index (χ0v) is 16.8. The molecule has 7 nitrogen and oxygen atoms in total. The van der Waals surface area contributed by atoms with Gasteiger partial charge in [-0.2, -0.15) is 0 Å². The standard InChI is InChI=1S/C22H21FN4O3/c1-12-17-9-15(23)4-5-16(17)22(28)27(2)11-13-6-7-25-21(29-3)19(13)14-8-18(30-12)20(24)26-10-14/h4-10,12H,11H2,1-3H3,(H2,24,26)/t12-/m1/s1. The first-order chi connectivity index (χ1) is 14.4. The van der Waals surface area contributed by atoms with Crippen molar-refractivity contribution in [1.82, 2.24) is 14.9 Å². The summed E-state index contributed by atoms with van der Waals surface area (Å²) < 4.78 is 25.5. The second-order valence-electron chi connectivity index (χ2n) is 7.11. The highest BCUT2D eigenvalue weighted by atomic mass is 19.1. The van der Waals surface area contributed by atoms with Crippen LogP contribution < -0.4 is 15.2 Å². The van der Waals surface area contributed by atoms with Gasteiger partial charge in [0.25, 0.3) is 5.91 Å². The number of nitrogens with two attached hydrogens (primary N) is 1. The summed E-state index contributed by atoms with van der Waals surface area (Å²) in [6.07, 6.45) is 2.59. The first kappa shape index (κ1) is 19.6. The van der Waals surface area contributed by atoms with Crippen molar-refractivity contribution in [3.05, 3.63) is 65.2 Å². The quantitative estimate of drug-likeness (QED) is 0.662. The molecule has 30 heavy (non-hydrogen) atoms.